The number of anilines is 1. The Bertz CT molecular complexity index is 952. The van der Waals surface area contributed by atoms with Gasteiger partial charge in [0.2, 0.25) is 0 Å². The van der Waals surface area contributed by atoms with Gasteiger partial charge in [0.15, 0.2) is 11.4 Å². The van der Waals surface area contributed by atoms with Crippen LogP contribution in [0.5, 0.6) is 11.5 Å². The number of nitrogens with one attached hydrogen (secondary N) is 1. The molecule has 1 N–H and O–H groups in total. The zero-order valence-electron chi connectivity index (χ0n) is 15.3. The lowest BCUT2D eigenvalue weighted by Crippen LogP contribution is -2.15. The number of nitrogens with zero attached hydrogens (tertiary/aromatic N) is 2. The second-order valence-corrected chi connectivity index (χ2v) is 5.85. The van der Waals surface area contributed by atoms with E-state index in [9.17, 15) is 9.18 Å². The quantitative estimate of drug-likeness (QED) is 0.714. The Morgan fingerprint density at radius 1 is 1.19 bits per heavy atom. The van der Waals surface area contributed by atoms with Gasteiger partial charge in [-0.05, 0) is 55.8 Å². The molecule has 1 amide bonds. The Morgan fingerprint density at radius 3 is 2.59 bits per heavy atom. The molecule has 0 aliphatic rings. The fraction of sp³-hybridized carbons (Fsp3) is 0.200. The lowest BCUT2D eigenvalue weighted by Gasteiger charge is -2.10. The molecule has 0 aliphatic carbocycles. The lowest BCUT2D eigenvalue weighted by atomic mass is 10.2. The van der Waals surface area contributed by atoms with Gasteiger partial charge in [-0.1, -0.05) is 6.07 Å². The number of hydrogen-bond acceptors (Lipinski definition) is 4. The van der Waals surface area contributed by atoms with Crippen LogP contribution < -0.4 is 14.8 Å². The van der Waals surface area contributed by atoms with E-state index in [4.69, 9.17) is 9.47 Å². The first-order valence-electron chi connectivity index (χ1n) is 8.46. The number of aromatic nitrogens is 2. The summed E-state index contributed by atoms with van der Waals surface area (Å²) in [4.78, 5) is 12.8. The van der Waals surface area contributed by atoms with E-state index in [1.54, 1.807) is 24.4 Å². The molecule has 0 unspecified atom stereocenters. The van der Waals surface area contributed by atoms with Crippen LogP contribution in [0.4, 0.5) is 10.1 Å². The molecule has 0 saturated heterocycles. The molecular formula is C20H20FN3O3. The van der Waals surface area contributed by atoms with E-state index in [2.05, 4.69) is 10.4 Å². The van der Waals surface area contributed by atoms with Crippen LogP contribution >= 0.6 is 0 Å². The molecular weight excluding hydrogens is 349 g/mol. The molecule has 3 rings (SSSR count). The van der Waals surface area contributed by atoms with Gasteiger partial charge < -0.3 is 14.8 Å². The van der Waals surface area contributed by atoms with Crippen LogP contribution in [0, 0.1) is 12.7 Å². The highest BCUT2D eigenvalue weighted by atomic mass is 19.1. The van der Waals surface area contributed by atoms with Crippen molar-refractivity contribution in [2.75, 3.05) is 19.0 Å². The van der Waals surface area contributed by atoms with Gasteiger partial charge in [-0.2, -0.15) is 5.10 Å². The van der Waals surface area contributed by atoms with Crippen molar-refractivity contribution >= 4 is 11.6 Å². The normalized spacial score (nSPS) is 10.5. The van der Waals surface area contributed by atoms with Crippen molar-refractivity contribution in [3.63, 3.8) is 0 Å². The second-order valence-electron chi connectivity index (χ2n) is 5.85. The van der Waals surface area contributed by atoms with Crippen molar-refractivity contribution in [3.8, 4) is 17.2 Å². The summed E-state index contributed by atoms with van der Waals surface area (Å²) in [6.45, 7) is 4.12. The van der Waals surface area contributed by atoms with Crippen LogP contribution in [-0.2, 0) is 0 Å². The molecule has 1 aromatic heterocycles. The minimum atomic E-state index is -0.428. The summed E-state index contributed by atoms with van der Waals surface area (Å²) in [7, 11) is 1.54. The smallest absolute Gasteiger partial charge is 0.280 e. The average molecular weight is 369 g/mol. The third kappa shape index (κ3) is 4.08. The maximum absolute atomic E-state index is 13.2. The number of amides is 1. The largest absolute Gasteiger partial charge is 0.495 e. The summed E-state index contributed by atoms with van der Waals surface area (Å²) in [5.41, 5.74) is 2.27. The zero-order valence-corrected chi connectivity index (χ0v) is 15.3. The third-order valence-electron chi connectivity index (χ3n) is 3.89. The van der Waals surface area contributed by atoms with Crippen LogP contribution in [0.3, 0.4) is 0 Å². The molecule has 0 spiro atoms. The summed E-state index contributed by atoms with van der Waals surface area (Å²) < 4.78 is 25.5. The number of hydrogen-bond donors (Lipinski definition) is 1. The van der Waals surface area contributed by atoms with E-state index in [0.717, 1.165) is 5.56 Å². The van der Waals surface area contributed by atoms with E-state index < -0.39 is 5.91 Å². The fourth-order valence-corrected chi connectivity index (χ4v) is 2.60. The monoisotopic (exact) mass is 369 g/mol. The Hall–Kier alpha value is -3.35. The first kappa shape index (κ1) is 18.4. The number of carbonyl (C=O) groups excluding carboxylic acids is 1. The molecule has 1 heterocycles. The van der Waals surface area contributed by atoms with Crippen LogP contribution in [0.25, 0.3) is 5.69 Å². The van der Waals surface area contributed by atoms with Gasteiger partial charge in [0.05, 0.1) is 31.3 Å². The molecule has 2 aromatic carbocycles. The molecule has 0 saturated carbocycles. The number of carbonyl (C=O) groups is 1. The third-order valence-corrected chi connectivity index (χ3v) is 3.89. The Labute approximate surface area is 156 Å². The molecule has 0 bridgehead atoms. The Morgan fingerprint density at radius 2 is 1.93 bits per heavy atom. The highest BCUT2D eigenvalue weighted by Crippen LogP contribution is 2.27. The lowest BCUT2D eigenvalue weighted by molar-refractivity contribution is 0.101. The van der Waals surface area contributed by atoms with Crippen molar-refractivity contribution in [3.05, 3.63) is 65.7 Å². The fourth-order valence-electron chi connectivity index (χ4n) is 2.60. The second kappa shape index (κ2) is 7.90. The average Bonchev–Trinajstić information content (AvgIpc) is 3.07. The van der Waals surface area contributed by atoms with Crippen LogP contribution in [0.2, 0.25) is 0 Å². The molecule has 0 radical (unpaired) electrons. The number of benzene rings is 2. The van der Waals surface area contributed by atoms with Crippen molar-refractivity contribution in [2.45, 2.75) is 13.8 Å². The number of halogens is 1. The van der Waals surface area contributed by atoms with Gasteiger partial charge in [0.1, 0.15) is 11.6 Å². The molecule has 27 heavy (non-hydrogen) atoms. The number of aryl methyl sites for hydroxylation is 1. The number of methoxy groups -OCH3 is 1. The van der Waals surface area contributed by atoms with Gasteiger partial charge in [0.25, 0.3) is 5.91 Å². The molecule has 140 valence electrons. The molecule has 7 heteroatoms. The summed E-state index contributed by atoms with van der Waals surface area (Å²) in [6, 6.07) is 11.3. The van der Waals surface area contributed by atoms with Crippen molar-refractivity contribution in [1.82, 2.24) is 9.78 Å². The highest BCUT2D eigenvalue weighted by Gasteiger charge is 2.20. The summed E-state index contributed by atoms with van der Waals surface area (Å²) >= 11 is 0. The van der Waals surface area contributed by atoms with E-state index in [0.29, 0.717) is 29.5 Å². The van der Waals surface area contributed by atoms with E-state index in [1.165, 1.54) is 23.9 Å². The summed E-state index contributed by atoms with van der Waals surface area (Å²) in [5.74, 6) is 0.111. The first-order chi connectivity index (χ1) is 13.0. The Balaban J connectivity index is 1.94. The van der Waals surface area contributed by atoms with E-state index in [-0.39, 0.29) is 11.5 Å². The van der Waals surface area contributed by atoms with Gasteiger partial charge in [-0.25, -0.2) is 9.07 Å². The van der Waals surface area contributed by atoms with Gasteiger partial charge in [0, 0.05) is 0 Å². The Kier molecular flexibility index (Phi) is 5.40. The van der Waals surface area contributed by atoms with Gasteiger partial charge >= 0.3 is 0 Å². The minimum absolute atomic E-state index is 0.129. The summed E-state index contributed by atoms with van der Waals surface area (Å²) in [6.07, 6.45) is 1.60. The molecule has 0 atom stereocenters. The zero-order chi connectivity index (χ0) is 19.4. The van der Waals surface area contributed by atoms with Crippen molar-refractivity contribution in [1.29, 1.82) is 0 Å². The SMILES string of the molecule is CCOc1cn(-c2ccc(F)cc2)nc1C(=O)Nc1cc(C)ccc1OC. The van der Waals surface area contributed by atoms with Crippen molar-refractivity contribution in [2.24, 2.45) is 0 Å². The van der Waals surface area contributed by atoms with Crippen LogP contribution in [0.1, 0.15) is 23.0 Å². The predicted octanol–water partition coefficient (Wildman–Crippen LogP) is 3.98. The number of rotatable bonds is 6. The van der Waals surface area contributed by atoms with Gasteiger partial charge in [-0.15, -0.1) is 0 Å². The standard InChI is InChI=1S/C20H20FN3O3/c1-4-27-18-12-24(15-8-6-14(21)7-9-15)23-19(18)20(25)22-16-11-13(2)5-10-17(16)26-3/h5-12H,4H2,1-3H3,(H,22,25). The molecule has 0 fully saturated rings. The molecule has 3 aromatic rings. The maximum atomic E-state index is 13.2. The maximum Gasteiger partial charge on any atom is 0.280 e. The van der Waals surface area contributed by atoms with Crippen LogP contribution in [-0.4, -0.2) is 29.4 Å². The van der Waals surface area contributed by atoms with E-state index in [1.807, 2.05) is 26.0 Å². The predicted molar refractivity (Wildman–Crippen MR) is 100 cm³/mol. The van der Waals surface area contributed by atoms with Crippen LogP contribution in [0.15, 0.2) is 48.7 Å². The molecule has 0 aliphatic heterocycles. The summed E-state index contributed by atoms with van der Waals surface area (Å²) in [5, 5.41) is 7.13. The van der Waals surface area contributed by atoms with Gasteiger partial charge in [-0.3, -0.25) is 4.79 Å². The van der Waals surface area contributed by atoms with E-state index >= 15 is 0 Å². The minimum Gasteiger partial charge on any atom is -0.495 e. The molecule has 6 nitrogen and oxygen atoms in total. The number of ether oxygens (including phenoxy) is 2. The topological polar surface area (TPSA) is 65.4 Å². The highest BCUT2D eigenvalue weighted by molar-refractivity contribution is 6.05. The first-order valence-corrected chi connectivity index (χ1v) is 8.46. The van der Waals surface area contributed by atoms with Crippen molar-refractivity contribution < 1.29 is 18.7 Å².